The molecular weight excluding hydrogens is 232 g/mol. The minimum Gasteiger partial charge on any atom is -0.460 e. The van der Waals surface area contributed by atoms with Gasteiger partial charge in [-0.2, -0.15) is 0 Å². The first-order chi connectivity index (χ1) is 8.72. The molecule has 4 unspecified atom stereocenters. The van der Waals surface area contributed by atoms with Gasteiger partial charge in [0.2, 0.25) is 0 Å². The van der Waals surface area contributed by atoms with Gasteiger partial charge < -0.3 is 14.2 Å². The molecule has 2 fully saturated rings. The molecule has 0 spiro atoms. The molecule has 4 heteroatoms. The number of rotatable bonds is 7. The van der Waals surface area contributed by atoms with Crippen molar-refractivity contribution in [2.75, 3.05) is 13.2 Å². The minimum atomic E-state index is -0.385. The number of hydrogen-bond acceptors (Lipinski definition) is 4. The van der Waals surface area contributed by atoms with E-state index in [9.17, 15) is 4.79 Å². The van der Waals surface area contributed by atoms with Crippen LogP contribution in [0.25, 0.3) is 0 Å². The van der Waals surface area contributed by atoms with Crippen molar-refractivity contribution >= 4 is 5.97 Å². The predicted octanol–water partition coefficient (Wildman–Crippen LogP) is 2.08. The Hall–Kier alpha value is -0.870. The summed E-state index contributed by atoms with van der Waals surface area (Å²) in [7, 11) is 0. The molecule has 4 nitrogen and oxygen atoms in total. The van der Waals surface area contributed by atoms with Crippen LogP contribution < -0.4 is 0 Å². The van der Waals surface area contributed by atoms with Crippen LogP contribution >= 0.6 is 0 Å². The van der Waals surface area contributed by atoms with Crippen LogP contribution in [-0.4, -0.2) is 37.5 Å². The van der Waals surface area contributed by atoms with Crippen molar-refractivity contribution in [3.63, 3.8) is 0 Å². The zero-order valence-electron chi connectivity index (χ0n) is 11.0. The third-order valence-corrected chi connectivity index (χ3v) is 3.71. The molecule has 1 saturated carbocycles. The molecule has 1 saturated heterocycles. The van der Waals surface area contributed by atoms with Crippen molar-refractivity contribution in [2.45, 2.75) is 50.9 Å². The molecule has 1 aliphatic carbocycles. The number of carbonyl (C=O) groups excluding carboxylic acids is 1. The van der Waals surface area contributed by atoms with Gasteiger partial charge in [0.25, 0.3) is 0 Å². The SMILES string of the molecule is C=CC(=O)OCC(CC)OCC1CCC2OC2C1. The second kappa shape index (κ2) is 6.34. The maximum absolute atomic E-state index is 11.0. The molecule has 0 bridgehead atoms. The van der Waals surface area contributed by atoms with Gasteiger partial charge >= 0.3 is 5.97 Å². The second-order valence-electron chi connectivity index (χ2n) is 5.09. The normalized spacial score (nSPS) is 31.3. The van der Waals surface area contributed by atoms with Gasteiger partial charge in [0.05, 0.1) is 24.9 Å². The summed E-state index contributed by atoms with van der Waals surface area (Å²) < 4.78 is 16.3. The molecule has 0 amide bonds. The van der Waals surface area contributed by atoms with Crippen LogP contribution in [0, 0.1) is 5.92 Å². The maximum atomic E-state index is 11.0. The molecule has 0 aromatic rings. The first-order valence-electron chi connectivity index (χ1n) is 6.79. The van der Waals surface area contributed by atoms with E-state index in [1.54, 1.807) is 0 Å². The highest BCUT2D eigenvalue weighted by atomic mass is 16.6. The Morgan fingerprint density at radius 2 is 2.33 bits per heavy atom. The van der Waals surface area contributed by atoms with E-state index in [-0.39, 0.29) is 12.1 Å². The van der Waals surface area contributed by atoms with Gasteiger partial charge in [-0.3, -0.25) is 0 Å². The number of esters is 1. The third kappa shape index (κ3) is 3.82. The van der Waals surface area contributed by atoms with Gasteiger partial charge in [-0.1, -0.05) is 13.5 Å². The fraction of sp³-hybridized carbons (Fsp3) is 0.786. The highest BCUT2D eigenvalue weighted by Crippen LogP contribution is 2.39. The molecule has 0 aromatic heterocycles. The standard InChI is InChI=1S/C14H22O4/c1-3-11(9-17-14(15)4-2)16-8-10-5-6-12-13(7-10)18-12/h4,10-13H,2-3,5-9H2,1H3. The monoisotopic (exact) mass is 254 g/mol. The Labute approximate surface area is 108 Å². The molecule has 1 aliphatic heterocycles. The van der Waals surface area contributed by atoms with Crippen molar-refractivity contribution in [1.29, 1.82) is 0 Å². The summed E-state index contributed by atoms with van der Waals surface area (Å²) in [6.45, 7) is 6.47. The van der Waals surface area contributed by atoms with Crippen LogP contribution in [0.1, 0.15) is 32.6 Å². The molecule has 1 heterocycles. The fourth-order valence-electron chi connectivity index (χ4n) is 2.43. The number of hydrogen-bond donors (Lipinski definition) is 0. The maximum Gasteiger partial charge on any atom is 0.330 e. The average Bonchev–Trinajstić information content (AvgIpc) is 3.16. The quantitative estimate of drug-likeness (QED) is 0.396. The Balaban J connectivity index is 1.63. The van der Waals surface area contributed by atoms with Crippen molar-refractivity contribution in [1.82, 2.24) is 0 Å². The van der Waals surface area contributed by atoms with Gasteiger partial charge in [0.15, 0.2) is 0 Å². The van der Waals surface area contributed by atoms with Gasteiger partial charge in [0.1, 0.15) is 6.61 Å². The Kier molecular flexibility index (Phi) is 4.78. The molecule has 0 aromatic carbocycles. The van der Waals surface area contributed by atoms with E-state index in [0.29, 0.717) is 24.7 Å². The number of epoxide rings is 1. The number of ether oxygens (including phenoxy) is 3. The summed E-state index contributed by atoms with van der Waals surface area (Å²) in [6.07, 6.45) is 6.52. The van der Waals surface area contributed by atoms with Crippen LogP contribution in [-0.2, 0) is 19.0 Å². The van der Waals surface area contributed by atoms with Gasteiger partial charge in [-0.05, 0) is 31.6 Å². The number of fused-ring (bicyclic) bond motifs is 1. The lowest BCUT2D eigenvalue weighted by Crippen LogP contribution is -2.26. The zero-order chi connectivity index (χ0) is 13.0. The Bertz CT molecular complexity index is 302. The van der Waals surface area contributed by atoms with Gasteiger partial charge in [-0.15, -0.1) is 0 Å². The van der Waals surface area contributed by atoms with Crippen LogP contribution in [0.15, 0.2) is 12.7 Å². The Morgan fingerprint density at radius 1 is 1.50 bits per heavy atom. The lowest BCUT2D eigenvalue weighted by atomic mass is 9.90. The van der Waals surface area contributed by atoms with Crippen LogP contribution in [0.5, 0.6) is 0 Å². The van der Waals surface area contributed by atoms with Crippen LogP contribution in [0.2, 0.25) is 0 Å². The summed E-state index contributed by atoms with van der Waals surface area (Å²) in [5, 5.41) is 0. The second-order valence-corrected chi connectivity index (χ2v) is 5.09. The molecule has 0 N–H and O–H groups in total. The molecule has 2 aliphatic rings. The Morgan fingerprint density at radius 3 is 3.00 bits per heavy atom. The fourth-order valence-corrected chi connectivity index (χ4v) is 2.43. The van der Waals surface area contributed by atoms with Gasteiger partial charge in [0, 0.05) is 6.08 Å². The van der Waals surface area contributed by atoms with E-state index in [1.165, 1.54) is 18.9 Å². The molecule has 0 radical (unpaired) electrons. The van der Waals surface area contributed by atoms with E-state index in [4.69, 9.17) is 14.2 Å². The van der Waals surface area contributed by atoms with Crippen molar-refractivity contribution in [3.05, 3.63) is 12.7 Å². The first-order valence-corrected chi connectivity index (χ1v) is 6.79. The minimum absolute atomic E-state index is 0.00764. The predicted molar refractivity (Wildman–Crippen MR) is 67.2 cm³/mol. The van der Waals surface area contributed by atoms with E-state index in [2.05, 4.69) is 6.58 Å². The summed E-state index contributed by atoms with van der Waals surface area (Å²) in [5.74, 6) is 0.210. The summed E-state index contributed by atoms with van der Waals surface area (Å²) in [6, 6.07) is 0. The molecule has 4 atom stereocenters. The summed E-state index contributed by atoms with van der Waals surface area (Å²) in [5.41, 5.74) is 0. The van der Waals surface area contributed by atoms with Crippen molar-refractivity contribution in [3.8, 4) is 0 Å². The van der Waals surface area contributed by atoms with E-state index >= 15 is 0 Å². The van der Waals surface area contributed by atoms with Crippen molar-refractivity contribution in [2.24, 2.45) is 5.92 Å². The summed E-state index contributed by atoms with van der Waals surface area (Å²) >= 11 is 0. The third-order valence-electron chi connectivity index (χ3n) is 3.71. The first kappa shape index (κ1) is 13.6. The van der Waals surface area contributed by atoms with E-state index in [0.717, 1.165) is 19.4 Å². The van der Waals surface area contributed by atoms with E-state index < -0.39 is 0 Å². The number of carbonyl (C=O) groups is 1. The van der Waals surface area contributed by atoms with Crippen LogP contribution in [0.3, 0.4) is 0 Å². The molecule has 102 valence electrons. The average molecular weight is 254 g/mol. The van der Waals surface area contributed by atoms with E-state index in [1.807, 2.05) is 6.92 Å². The lowest BCUT2D eigenvalue weighted by molar-refractivity contribution is -0.142. The topological polar surface area (TPSA) is 48.1 Å². The molecular formula is C14H22O4. The largest absolute Gasteiger partial charge is 0.460 e. The summed E-state index contributed by atoms with van der Waals surface area (Å²) in [4.78, 5) is 11.0. The van der Waals surface area contributed by atoms with Crippen molar-refractivity contribution < 1.29 is 19.0 Å². The highest BCUT2D eigenvalue weighted by molar-refractivity contribution is 5.81. The zero-order valence-corrected chi connectivity index (χ0v) is 11.0. The smallest absolute Gasteiger partial charge is 0.330 e. The van der Waals surface area contributed by atoms with Crippen LogP contribution in [0.4, 0.5) is 0 Å². The highest BCUT2D eigenvalue weighted by Gasteiger charge is 2.43. The molecule has 18 heavy (non-hydrogen) atoms. The molecule has 2 rings (SSSR count). The van der Waals surface area contributed by atoms with Gasteiger partial charge in [-0.25, -0.2) is 4.79 Å². The lowest BCUT2D eigenvalue weighted by Gasteiger charge is -2.22.